The largest absolute Gasteiger partial charge is 0.371 e. The topological polar surface area (TPSA) is 38.8 Å². The van der Waals surface area contributed by atoms with Crippen LogP contribution in [0.3, 0.4) is 0 Å². The lowest BCUT2D eigenvalue weighted by atomic mass is 10.0. The summed E-state index contributed by atoms with van der Waals surface area (Å²) in [6.45, 7) is 3.18. The Hall–Kier alpha value is -1.52. The third-order valence-corrected chi connectivity index (χ3v) is 3.19. The summed E-state index contributed by atoms with van der Waals surface area (Å²) < 4.78 is 24.7. The second-order valence-corrected chi connectivity index (χ2v) is 4.82. The van der Waals surface area contributed by atoms with Crippen LogP contribution in [0.15, 0.2) is 24.3 Å². The van der Waals surface area contributed by atoms with Gasteiger partial charge in [0.05, 0.1) is 19.3 Å². The average Bonchev–Trinajstić information content (AvgIpc) is 3.26. The Morgan fingerprint density at radius 3 is 3.00 bits per heavy atom. The van der Waals surface area contributed by atoms with Gasteiger partial charge in [-0.1, -0.05) is 24.3 Å². The molecule has 4 heteroatoms. The number of halogens is 1. The Morgan fingerprint density at radius 1 is 1.50 bits per heavy atom. The molecule has 3 nitrogen and oxygen atoms in total. The van der Waals surface area contributed by atoms with Gasteiger partial charge in [0.15, 0.2) is 0 Å². The van der Waals surface area contributed by atoms with Crippen LogP contribution in [0.2, 0.25) is 0 Å². The number of benzene rings is 1. The van der Waals surface area contributed by atoms with Crippen LogP contribution < -0.4 is 0 Å². The van der Waals surface area contributed by atoms with E-state index in [9.17, 15) is 9.18 Å². The number of carbonyl (C=O) groups is 1. The Bertz CT molecular complexity index is 481. The second kappa shape index (κ2) is 7.31. The highest BCUT2D eigenvalue weighted by Gasteiger charge is 2.24. The van der Waals surface area contributed by atoms with Gasteiger partial charge in [0, 0.05) is 12.0 Å². The highest BCUT2D eigenvalue weighted by atomic mass is 19.1. The number of carbonyl (C=O) groups excluding carboxylic acids is 1. The molecule has 20 heavy (non-hydrogen) atoms. The van der Waals surface area contributed by atoms with E-state index in [0.717, 1.165) is 18.5 Å². The average molecular weight is 278 g/mol. The van der Waals surface area contributed by atoms with Gasteiger partial charge < -0.3 is 14.3 Å². The molecule has 0 radical (unpaired) electrons. The maximum atomic E-state index is 13.9. The fraction of sp³-hybridized carbons (Fsp3) is 0.438. The Kier molecular flexibility index (Phi) is 5.44. The van der Waals surface area contributed by atoms with E-state index in [0.29, 0.717) is 25.0 Å². The number of unbranched alkanes of at least 4 members (excludes halogenated alkanes) is 1. The van der Waals surface area contributed by atoms with E-state index in [-0.39, 0.29) is 18.0 Å². The van der Waals surface area contributed by atoms with E-state index in [1.165, 1.54) is 6.07 Å². The highest BCUT2D eigenvalue weighted by molar-refractivity contribution is 5.56. The molecule has 0 unspecified atom stereocenters. The third-order valence-electron chi connectivity index (χ3n) is 3.19. The Labute approximate surface area is 118 Å². The number of hydrogen-bond donors (Lipinski definition) is 0. The summed E-state index contributed by atoms with van der Waals surface area (Å²) in [6.07, 6.45) is 5.45. The summed E-state index contributed by atoms with van der Waals surface area (Å²) in [5, 5.41) is 0. The summed E-state index contributed by atoms with van der Waals surface area (Å²) in [7, 11) is 0. The molecule has 1 aromatic rings. The molecular formula is C16H19FO3. The molecular weight excluding hydrogens is 259 g/mol. The first-order valence-corrected chi connectivity index (χ1v) is 6.84. The van der Waals surface area contributed by atoms with Crippen molar-refractivity contribution in [3.8, 4) is 0 Å². The van der Waals surface area contributed by atoms with Gasteiger partial charge in [-0.3, -0.25) is 0 Å². The fourth-order valence-corrected chi connectivity index (χ4v) is 1.96. The molecule has 0 saturated carbocycles. The zero-order valence-corrected chi connectivity index (χ0v) is 11.5. The molecule has 108 valence electrons. The fourth-order valence-electron chi connectivity index (χ4n) is 1.96. The highest BCUT2D eigenvalue weighted by Crippen LogP contribution is 2.26. The first kappa shape index (κ1) is 14.9. The molecule has 1 fully saturated rings. The lowest BCUT2D eigenvalue weighted by Crippen LogP contribution is -2.08. The van der Waals surface area contributed by atoms with Gasteiger partial charge in [0.1, 0.15) is 18.2 Å². The van der Waals surface area contributed by atoms with Crippen molar-refractivity contribution in [2.75, 3.05) is 13.2 Å². The van der Waals surface area contributed by atoms with E-state index in [1.807, 2.05) is 19.1 Å². The van der Waals surface area contributed by atoms with Gasteiger partial charge in [0.25, 0.3) is 0 Å². The smallest absolute Gasteiger partial charge is 0.130 e. The Balaban J connectivity index is 2.07. The number of hydrogen-bond acceptors (Lipinski definition) is 3. The van der Waals surface area contributed by atoms with E-state index in [2.05, 4.69) is 0 Å². The monoisotopic (exact) mass is 278 g/mol. The number of epoxide rings is 1. The van der Waals surface area contributed by atoms with Crippen molar-refractivity contribution in [2.24, 2.45) is 0 Å². The van der Waals surface area contributed by atoms with E-state index >= 15 is 0 Å². The number of aldehydes is 1. The molecule has 1 heterocycles. The van der Waals surface area contributed by atoms with Crippen LogP contribution in [0.4, 0.5) is 4.39 Å². The maximum Gasteiger partial charge on any atom is 0.130 e. The standard InChI is InChI=1S/C16H19FO3/c1-12(19-10-13-11-20-13)14-7-5-8-16(17)15(14)6-3-2-4-9-18/h3,5-9,12-13H,2,4,10-11H2,1H3/b6-3+/t12-,13+/m1/s1. The van der Waals surface area contributed by atoms with Gasteiger partial charge in [-0.15, -0.1) is 0 Å². The SMILES string of the molecule is C[C@@H](OC[C@H]1CO1)c1cccc(F)c1/C=C/CCC=O. The summed E-state index contributed by atoms with van der Waals surface area (Å²) >= 11 is 0. The first-order valence-electron chi connectivity index (χ1n) is 6.84. The predicted molar refractivity (Wildman–Crippen MR) is 74.8 cm³/mol. The molecule has 0 N–H and O–H groups in total. The van der Waals surface area contributed by atoms with Crippen LogP contribution in [0, 0.1) is 5.82 Å². The lowest BCUT2D eigenvalue weighted by Gasteiger charge is -2.16. The van der Waals surface area contributed by atoms with Gasteiger partial charge in [-0.05, 0) is 25.0 Å². The molecule has 1 aromatic carbocycles. The zero-order valence-electron chi connectivity index (χ0n) is 11.5. The van der Waals surface area contributed by atoms with E-state index in [1.54, 1.807) is 12.1 Å². The molecule has 1 aliphatic heterocycles. The van der Waals surface area contributed by atoms with Gasteiger partial charge in [-0.25, -0.2) is 4.39 Å². The summed E-state index contributed by atoms with van der Waals surface area (Å²) in [6, 6.07) is 4.97. The minimum Gasteiger partial charge on any atom is -0.371 e. The molecule has 0 aromatic heterocycles. The summed E-state index contributed by atoms with van der Waals surface area (Å²) in [5.74, 6) is -0.275. The van der Waals surface area contributed by atoms with Crippen molar-refractivity contribution < 1.29 is 18.7 Å². The minimum absolute atomic E-state index is 0.192. The van der Waals surface area contributed by atoms with Crippen LogP contribution in [0.25, 0.3) is 6.08 Å². The van der Waals surface area contributed by atoms with Crippen molar-refractivity contribution in [1.29, 1.82) is 0 Å². The van der Waals surface area contributed by atoms with Crippen LogP contribution in [0.5, 0.6) is 0 Å². The van der Waals surface area contributed by atoms with Crippen molar-refractivity contribution in [3.05, 3.63) is 41.2 Å². The normalized spacial score (nSPS) is 19.2. The lowest BCUT2D eigenvalue weighted by molar-refractivity contribution is -0.107. The predicted octanol–water partition coefficient (Wildman–Crippen LogP) is 3.29. The van der Waals surface area contributed by atoms with Crippen LogP contribution in [-0.2, 0) is 14.3 Å². The quantitative estimate of drug-likeness (QED) is 0.416. The number of ether oxygens (including phenoxy) is 2. The minimum atomic E-state index is -0.275. The summed E-state index contributed by atoms with van der Waals surface area (Å²) in [5.41, 5.74) is 1.34. The number of rotatable bonds is 8. The van der Waals surface area contributed by atoms with Gasteiger partial charge in [-0.2, -0.15) is 0 Å². The summed E-state index contributed by atoms with van der Waals surface area (Å²) in [4.78, 5) is 10.3. The second-order valence-electron chi connectivity index (χ2n) is 4.82. The molecule has 0 spiro atoms. The molecule has 0 amide bonds. The molecule has 0 aliphatic carbocycles. The van der Waals surface area contributed by atoms with Gasteiger partial charge in [0.2, 0.25) is 0 Å². The van der Waals surface area contributed by atoms with Crippen molar-refractivity contribution in [3.63, 3.8) is 0 Å². The van der Waals surface area contributed by atoms with Crippen LogP contribution in [0.1, 0.15) is 37.0 Å². The zero-order chi connectivity index (χ0) is 14.4. The first-order chi connectivity index (χ1) is 9.72. The van der Waals surface area contributed by atoms with E-state index in [4.69, 9.17) is 9.47 Å². The molecule has 2 atom stereocenters. The van der Waals surface area contributed by atoms with E-state index < -0.39 is 0 Å². The maximum absolute atomic E-state index is 13.9. The van der Waals surface area contributed by atoms with Crippen molar-refractivity contribution in [1.82, 2.24) is 0 Å². The number of allylic oxidation sites excluding steroid dienone is 1. The van der Waals surface area contributed by atoms with Crippen LogP contribution in [-0.4, -0.2) is 25.6 Å². The third kappa shape index (κ3) is 4.25. The molecule has 0 bridgehead atoms. The molecule has 2 rings (SSSR count). The van der Waals surface area contributed by atoms with Gasteiger partial charge >= 0.3 is 0 Å². The Morgan fingerprint density at radius 2 is 2.30 bits per heavy atom. The van der Waals surface area contributed by atoms with Crippen LogP contribution >= 0.6 is 0 Å². The van der Waals surface area contributed by atoms with Crippen molar-refractivity contribution in [2.45, 2.75) is 32.0 Å². The van der Waals surface area contributed by atoms with Crippen molar-refractivity contribution >= 4 is 12.4 Å². The molecule has 1 saturated heterocycles. The molecule has 1 aliphatic rings.